The van der Waals surface area contributed by atoms with E-state index in [9.17, 15) is 14.0 Å². The van der Waals surface area contributed by atoms with Gasteiger partial charge in [0, 0.05) is 31.3 Å². The summed E-state index contributed by atoms with van der Waals surface area (Å²) < 4.78 is 24.3. The van der Waals surface area contributed by atoms with E-state index in [1.165, 1.54) is 12.1 Å². The highest BCUT2D eigenvalue weighted by atomic mass is 19.1. The normalized spacial score (nSPS) is 18.2. The van der Waals surface area contributed by atoms with E-state index in [2.05, 4.69) is 5.32 Å². The van der Waals surface area contributed by atoms with E-state index in [4.69, 9.17) is 9.47 Å². The van der Waals surface area contributed by atoms with Crippen LogP contribution in [0.5, 0.6) is 11.5 Å². The largest absolute Gasteiger partial charge is 0.486 e. The smallest absolute Gasteiger partial charge is 0.227 e. The van der Waals surface area contributed by atoms with Gasteiger partial charge in [-0.05, 0) is 36.2 Å². The summed E-state index contributed by atoms with van der Waals surface area (Å²) in [6.07, 6.45) is 0.705. The molecule has 1 fully saturated rings. The number of nitrogens with zero attached hydrogens (tertiary/aromatic N) is 1. The van der Waals surface area contributed by atoms with E-state index in [0.29, 0.717) is 49.9 Å². The van der Waals surface area contributed by atoms with Crippen molar-refractivity contribution in [2.24, 2.45) is 5.92 Å². The van der Waals surface area contributed by atoms with Crippen LogP contribution in [0.25, 0.3) is 0 Å². The van der Waals surface area contributed by atoms with Gasteiger partial charge in [0.1, 0.15) is 19.0 Å². The van der Waals surface area contributed by atoms with Crippen LogP contribution in [-0.4, -0.2) is 38.1 Å². The van der Waals surface area contributed by atoms with Crippen molar-refractivity contribution in [2.75, 3.05) is 31.2 Å². The number of fused-ring (bicyclic) bond motifs is 1. The molecule has 2 heterocycles. The van der Waals surface area contributed by atoms with E-state index < -0.39 is 5.92 Å². The van der Waals surface area contributed by atoms with Crippen molar-refractivity contribution in [1.82, 2.24) is 5.32 Å². The van der Waals surface area contributed by atoms with Crippen molar-refractivity contribution in [2.45, 2.75) is 12.8 Å². The molecule has 0 spiro atoms. The van der Waals surface area contributed by atoms with Gasteiger partial charge >= 0.3 is 0 Å². The summed E-state index contributed by atoms with van der Waals surface area (Å²) in [4.78, 5) is 26.5. The Hall–Kier alpha value is -3.09. The van der Waals surface area contributed by atoms with Gasteiger partial charge < -0.3 is 19.7 Å². The monoisotopic (exact) mass is 384 g/mol. The first-order valence-corrected chi connectivity index (χ1v) is 9.32. The first-order chi connectivity index (χ1) is 13.6. The highest BCUT2D eigenvalue weighted by Crippen LogP contribution is 2.35. The maximum Gasteiger partial charge on any atom is 0.227 e. The van der Waals surface area contributed by atoms with Gasteiger partial charge in [-0.2, -0.15) is 0 Å². The predicted octanol–water partition coefficient (Wildman–Crippen LogP) is 2.31. The van der Waals surface area contributed by atoms with E-state index in [1.807, 2.05) is 6.07 Å². The molecule has 146 valence electrons. The van der Waals surface area contributed by atoms with Crippen molar-refractivity contribution in [3.63, 3.8) is 0 Å². The van der Waals surface area contributed by atoms with Gasteiger partial charge in [-0.1, -0.05) is 12.1 Å². The summed E-state index contributed by atoms with van der Waals surface area (Å²) in [5.74, 6) is 0.313. The van der Waals surface area contributed by atoms with E-state index in [0.717, 1.165) is 5.56 Å². The molecule has 1 unspecified atom stereocenters. The Morgan fingerprint density at radius 2 is 1.96 bits per heavy atom. The Balaban J connectivity index is 1.34. The Labute approximate surface area is 162 Å². The second-order valence-electron chi connectivity index (χ2n) is 6.90. The fourth-order valence-corrected chi connectivity index (χ4v) is 3.50. The Bertz CT molecular complexity index is 902. The molecule has 1 saturated heterocycles. The summed E-state index contributed by atoms with van der Waals surface area (Å²) in [6.45, 7) is 1.70. The van der Waals surface area contributed by atoms with Crippen LogP contribution in [0, 0.1) is 11.7 Å². The fraction of sp³-hybridized carbons (Fsp3) is 0.333. The molecule has 28 heavy (non-hydrogen) atoms. The lowest BCUT2D eigenvalue weighted by atomic mass is 10.1. The van der Waals surface area contributed by atoms with Crippen LogP contribution in [0.3, 0.4) is 0 Å². The number of anilines is 1. The van der Waals surface area contributed by atoms with E-state index >= 15 is 0 Å². The minimum atomic E-state index is -0.409. The molecule has 7 heteroatoms. The second-order valence-corrected chi connectivity index (χ2v) is 6.90. The molecule has 2 aliphatic rings. The van der Waals surface area contributed by atoms with Crippen molar-refractivity contribution < 1.29 is 23.5 Å². The van der Waals surface area contributed by atoms with Crippen molar-refractivity contribution in [1.29, 1.82) is 0 Å². The average Bonchev–Trinajstić information content (AvgIpc) is 3.09. The Morgan fingerprint density at radius 1 is 1.14 bits per heavy atom. The number of halogens is 1. The maximum atomic E-state index is 13.2. The summed E-state index contributed by atoms with van der Waals surface area (Å²) in [6, 6.07) is 11.7. The molecule has 2 amide bonds. The molecule has 0 saturated carbocycles. The topological polar surface area (TPSA) is 67.9 Å². The lowest BCUT2D eigenvalue weighted by Gasteiger charge is -2.22. The highest BCUT2D eigenvalue weighted by Gasteiger charge is 2.35. The molecule has 6 nitrogen and oxygen atoms in total. The lowest BCUT2D eigenvalue weighted by Crippen LogP contribution is -2.34. The summed E-state index contributed by atoms with van der Waals surface area (Å²) in [7, 11) is 0. The van der Waals surface area contributed by atoms with Crippen LogP contribution in [0.15, 0.2) is 42.5 Å². The molecular formula is C21H21FN2O4. The van der Waals surface area contributed by atoms with Crippen LogP contribution in [-0.2, 0) is 16.0 Å². The van der Waals surface area contributed by atoms with Crippen LogP contribution in [0.1, 0.15) is 12.0 Å². The quantitative estimate of drug-likeness (QED) is 0.859. The van der Waals surface area contributed by atoms with Crippen molar-refractivity contribution in [3.8, 4) is 11.5 Å². The SMILES string of the molecule is O=C(NCCc1cccc(F)c1)C1CC(=O)N(c2ccc3c(c2)OCCO3)C1. The van der Waals surface area contributed by atoms with Gasteiger partial charge in [-0.15, -0.1) is 0 Å². The standard InChI is InChI=1S/C21H21FN2O4/c22-16-3-1-2-14(10-16)6-7-23-21(26)15-11-20(25)24(13-15)17-4-5-18-19(12-17)28-9-8-27-18/h1-5,10,12,15H,6-9,11,13H2,(H,23,26). The fourth-order valence-electron chi connectivity index (χ4n) is 3.50. The molecule has 1 N–H and O–H groups in total. The number of carbonyl (C=O) groups excluding carboxylic acids is 2. The Morgan fingerprint density at radius 3 is 2.79 bits per heavy atom. The minimum absolute atomic E-state index is 0.0954. The summed E-state index contributed by atoms with van der Waals surface area (Å²) in [5, 5.41) is 2.85. The van der Waals surface area contributed by atoms with Gasteiger partial charge in [-0.3, -0.25) is 9.59 Å². The van der Waals surface area contributed by atoms with Crippen LogP contribution in [0.2, 0.25) is 0 Å². The minimum Gasteiger partial charge on any atom is -0.486 e. The third-order valence-corrected chi connectivity index (χ3v) is 4.94. The number of ether oxygens (including phenoxy) is 2. The number of nitrogens with one attached hydrogen (secondary N) is 1. The summed E-state index contributed by atoms with van der Waals surface area (Å²) >= 11 is 0. The zero-order valence-corrected chi connectivity index (χ0v) is 15.3. The first-order valence-electron chi connectivity index (χ1n) is 9.32. The van der Waals surface area contributed by atoms with Crippen LogP contribution >= 0.6 is 0 Å². The molecular weight excluding hydrogens is 363 g/mol. The van der Waals surface area contributed by atoms with Gasteiger partial charge in [-0.25, -0.2) is 4.39 Å². The number of carbonyl (C=O) groups is 2. The van der Waals surface area contributed by atoms with Crippen molar-refractivity contribution >= 4 is 17.5 Å². The van der Waals surface area contributed by atoms with Crippen molar-refractivity contribution in [3.05, 3.63) is 53.8 Å². The molecule has 1 atom stereocenters. The molecule has 4 rings (SSSR count). The van der Waals surface area contributed by atoms with E-state index in [1.54, 1.807) is 29.2 Å². The molecule has 0 aromatic heterocycles. The van der Waals surface area contributed by atoms with Gasteiger partial charge in [0.05, 0.1) is 5.92 Å². The third-order valence-electron chi connectivity index (χ3n) is 4.94. The molecule has 0 bridgehead atoms. The van der Waals surface area contributed by atoms with Gasteiger partial charge in [0.2, 0.25) is 11.8 Å². The molecule has 0 radical (unpaired) electrons. The molecule has 2 aromatic carbocycles. The number of rotatable bonds is 5. The lowest BCUT2D eigenvalue weighted by molar-refractivity contribution is -0.126. The molecule has 2 aromatic rings. The maximum absolute atomic E-state index is 13.2. The number of amides is 2. The Kier molecular flexibility index (Phi) is 5.14. The van der Waals surface area contributed by atoms with Crippen LogP contribution in [0.4, 0.5) is 10.1 Å². The number of hydrogen-bond donors (Lipinski definition) is 1. The highest BCUT2D eigenvalue weighted by molar-refractivity contribution is 6.00. The number of hydrogen-bond acceptors (Lipinski definition) is 4. The second kappa shape index (κ2) is 7.88. The van der Waals surface area contributed by atoms with Gasteiger partial charge in [0.25, 0.3) is 0 Å². The third kappa shape index (κ3) is 3.93. The zero-order chi connectivity index (χ0) is 19.5. The summed E-state index contributed by atoms with van der Waals surface area (Å²) in [5.41, 5.74) is 1.52. The molecule has 0 aliphatic carbocycles. The van der Waals surface area contributed by atoms with Gasteiger partial charge in [0.15, 0.2) is 11.5 Å². The number of benzene rings is 2. The van der Waals surface area contributed by atoms with Crippen LogP contribution < -0.4 is 19.7 Å². The first kappa shape index (κ1) is 18.3. The predicted molar refractivity (Wildman–Crippen MR) is 101 cm³/mol. The van der Waals surface area contributed by atoms with E-state index in [-0.39, 0.29) is 24.1 Å². The average molecular weight is 384 g/mol. The molecule has 2 aliphatic heterocycles. The zero-order valence-electron chi connectivity index (χ0n) is 15.3.